The molecule has 0 saturated carbocycles. The highest BCUT2D eigenvalue weighted by molar-refractivity contribution is 7.92. The Morgan fingerprint density at radius 2 is 2.25 bits per heavy atom. The van der Waals surface area contributed by atoms with Crippen molar-refractivity contribution in [2.45, 2.75) is 6.92 Å². The van der Waals surface area contributed by atoms with E-state index in [1.54, 1.807) is 6.92 Å². The summed E-state index contributed by atoms with van der Waals surface area (Å²) < 4.78 is 30.9. The second-order valence-corrected chi connectivity index (χ2v) is 6.05. The van der Waals surface area contributed by atoms with Gasteiger partial charge in [-0.25, -0.2) is 8.42 Å². The maximum absolute atomic E-state index is 11.8. The molecule has 0 saturated heterocycles. The minimum Gasteiger partial charge on any atom is -0.409 e. The van der Waals surface area contributed by atoms with Gasteiger partial charge in [0.1, 0.15) is 0 Å². The van der Waals surface area contributed by atoms with Gasteiger partial charge in [0.25, 0.3) is 0 Å². The fraction of sp³-hybridized carbons (Fsp3) is 0.364. The second-order valence-electron chi connectivity index (χ2n) is 3.80. The Balaban J connectivity index is 2.83. The summed E-state index contributed by atoms with van der Waals surface area (Å²) in [6.45, 7) is 2.33. The Hall–Kier alpha value is -1.51. The number of hydrogen-bond acceptors (Lipinski definition) is 5. The molecule has 0 heterocycles. The number of hydrogen-bond donors (Lipinski definition) is 3. The Morgan fingerprint density at radius 3 is 2.80 bits per heavy atom. The van der Waals surface area contributed by atoms with Gasteiger partial charge in [-0.05, 0) is 25.1 Å². The van der Waals surface area contributed by atoms with Crippen LogP contribution in [-0.4, -0.2) is 38.4 Å². The maximum Gasteiger partial charge on any atom is 0.235 e. The van der Waals surface area contributed by atoms with E-state index in [9.17, 15) is 8.42 Å². The lowest BCUT2D eigenvalue weighted by Crippen LogP contribution is -2.20. The summed E-state index contributed by atoms with van der Waals surface area (Å²) in [6.07, 6.45) is 0. The van der Waals surface area contributed by atoms with Crippen LogP contribution in [0, 0.1) is 0 Å². The van der Waals surface area contributed by atoms with E-state index in [1.807, 2.05) is 0 Å². The molecule has 112 valence electrons. The Bertz CT molecular complexity index is 589. The lowest BCUT2D eigenvalue weighted by molar-refractivity contribution is 0.163. The van der Waals surface area contributed by atoms with Crippen LogP contribution >= 0.6 is 11.6 Å². The first-order valence-corrected chi connectivity index (χ1v) is 7.78. The predicted octanol–water partition coefficient (Wildman–Crippen LogP) is 1.21. The van der Waals surface area contributed by atoms with Crippen LogP contribution in [0.3, 0.4) is 0 Å². The van der Waals surface area contributed by atoms with Crippen molar-refractivity contribution in [1.82, 2.24) is 0 Å². The average molecular weight is 322 g/mol. The molecule has 1 aromatic rings. The number of nitrogens with two attached hydrogens (primary N) is 1. The molecule has 0 fully saturated rings. The lowest BCUT2D eigenvalue weighted by atomic mass is 10.2. The van der Waals surface area contributed by atoms with Gasteiger partial charge in [-0.15, -0.1) is 0 Å². The number of amidine groups is 1. The molecule has 0 aromatic heterocycles. The van der Waals surface area contributed by atoms with Gasteiger partial charge in [0.2, 0.25) is 10.0 Å². The number of nitrogens with zero attached hydrogens (tertiary/aromatic N) is 1. The zero-order valence-electron chi connectivity index (χ0n) is 10.8. The van der Waals surface area contributed by atoms with Crippen molar-refractivity contribution < 1.29 is 18.4 Å². The zero-order chi connectivity index (χ0) is 15.2. The van der Waals surface area contributed by atoms with E-state index >= 15 is 0 Å². The summed E-state index contributed by atoms with van der Waals surface area (Å²) in [5, 5.41) is 11.5. The smallest absolute Gasteiger partial charge is 0.235 e. The molecule has 0 spiro atoms. The molecule has 1 rings (SSSR count). The number of ether oxygens (including phenoxy) is 1. The van der Waals surface area contributed by atoms with Gasteiger partial charge in [0.15, 0.2) is 5.84 Å². The summed E-state index contributed by atoms with van der Waals surface area (Å²) in [5.74, 6) is -0.281. The van der Waals surface area contributed by atoms with E-state index in [4.69, 9.17) is 27.3 Å². The van der Waals surface area contributed by atoms with Crippen molar-refractivity contribution in [2.24, 2.45) is 10.9 Å². The van der Waals surface area contributed by atoms with Crippen LogP contribution in [-0.2, 0) is 14.8 Å². The van der Waals surface area contributed by atoms with Crippen molar-refractivity contribution in [1.29, 1.82) is 0 Å². The minimum absolute atomic E-state index is 0.103. The minimum atomic E-state index is -3.54. The number of sulfonamides is 1. The predicted molar refractivity (Wildman–Crippen MR) is 77.9 cm³/mol. The van der Waals surface area contributed by atoms with E-state index in [1.165, 1.54) is 18.2 Å². The Labute approximate surface area is 122 Å². The summed E-state index contributed by atoms with van der Waals surface area (Å²) in [4.78, 5) is 0. The van der Waals surface area contributed by atoms with Crippen LogP contribution in [0.5, 0.6) is 0 Å². The van der Waals surface area contributed by atoms with Crippen LogP contribution in [0.1, 0.15) is 12.5 Å². The van der Waals surface area contributed by atoms with Gasteiger partial charge in [-0.3, -0.25) is 4.72 Å². The molecule has 0 bridgehead atoms. The number of oxime groups is 1. The molecule has 0 aliphatic carbocycles. The fourth-order valence-corrected chi connectivity index (χ4v) is 2.58. The first-order valence-electron chi connectivity index (χ1n) is 5.75. The van der Waals surface area contributed by atoms with Crippen LogP contribution < -0.4 is 10.5 Å². The Kier molecular flexibility index (Phi) is 6.05. The summed E-state index contributed by atoms with van der Waals surface area (Å²) in [7, 11) is -3.54. The van der Waals surface area contributed by atoms with Gasteiger partial charge < -0.3 is 15.7 Å². The standard InChI is InChI=1S/C11H16ClN3O4S/c1-2-19-5-6-20(17,18)15-10-4-3-8(7-9(10)12)11(13)14-16/h3-4,7,15-16H,2,5-6H2,1H3,(H2,13,14). The SMILES string of the molecule is CCOCCS(=O)(=O)Nc1ccc(/C(N)=N/O)cc1Cl. The Morgan fingerprint density at radius 1 is 1.55 bits per heavy atom. The van der Waals surface area contributed by atoms with Gasteiger partial charge in [0, 0.05) is 12.2 Å². The first kappa shape index (κ1) is 16.5. The fourth-order valence-electron chi connectivity index (χ4n) is 1.35. The molecular weight excluding hydrogens is 306 g/mol. The molecule has 1 aromatic carbocycles. The summed E-state index contributed by atoms with van der Waals surface area (Å²) in [5.41, 5.74) is 6.01. The van der Waals surface area contributed by atoms with Gasteiger partial charge in [-0.2, -0.15) is 0 Å². The first-order chi connectivity index (χ1) is 9.39. The third kappa shape index (κ3) is 4.87. The van der Waals surface area contributed by atoms with E-state index in [0.29, 0.717) is 12.2 Å². The highest BCUT2D eigenvalue weighted by atomic mass is 35.5. The highest BCUT2D eigenvalue weighted by Gasteiger charge is 2.13. The van der Waals surface area contributed by atoms with Crippen LogP contribution in [0.25, 0.3) is 0 Å². The van der Waals surface area contributed by atoms with E-state index in [-0.39, 0.29) is 28.9 Å². The topological polar surface area (TPSA) is 114 Å². The number of rotatable bonds is 7. The lowest BCUT2D eigenvalue weighted by Gasteiger charge is -2.10. The molecule has 0 atom stereocenters. The van der Waals surface area contributed by atoms with Crippen molar-refractivity contribution in [3.63, 3.8) is 0 Å². The molecule has 0 amide bonds. The highest BCUT2D eigenvalue weighted by Crippen LogP contribution is 2.24. The van der Waals surface area contributed by atoms with E-state index < -0.39 is 10.0 Å². The van der Waals surface area contributed by atoms with Crippen molar-refractivity contribution in [3.05, 3.63) is 28.8 Å². The normalized spacial score (nSPS) is 12.4. The molecule has 0 unspecified atom stereocenters. The van der Waals surface area contributed by atoms with Crippen LogP contribution in [0.4, 0.5) is 5.69 Å². The molecule has 9 heteroatoms. The van der Waals surface area contributed by atoms with Gasteiger partial charge in [0.05, 0.1) is 23.1 Å². The molecular formula is C11H16ClN3O4S. The third-order valence-corrected chi connectivity index (χ3v) is 3.89. The number of benzene rings is 1. The molecule has 0 radical (unpaired) electrons. The van der Waals surface area contributed by atoms with Crippen molar-refractivity contribution >= 4 is 33.1 Å². The van der Waals surface area contributed by atoms with E-state index in [0.717, 1.165) is 0 Å². The second kappa shape index (κ2) is 7.32. The van der Waals surface area contributed by atoms with E-state index in [2.05, 4.69) is 9.88 Å². The van der Waals surface area contributed by atoms with Crippen molar-refractivity contribution in [3.8, 4) is 0 Å². The number of nitrogens with one attached hydrogen (secondary N) is 1. The number of halogens is 1. The summed E-state index contributed by atoms with van der Waals surface area (Å²) in [6, 6.07) is 4.33. The zero-order valence-corrected chi connectivity index (χ0v) is 12.4. The molecule has 0 aliphatic rings. The third-order valence-electron chi connectivity index (χ3n) is 2.34. The average Bonchev–Trinajstić information content (AvgIpc) is 2.40. The van der Waals surface area contributed by atoms with Crippen LogP contribution in [0.15, 0.2) is 23.4 Å². The largest absolute Gasteiger partial charge is 0.409 e. The monoisotopic (exact) mass is 321 g/mol. The summed E-state index contributed by atoms with van der Waals surface area (Å²) >= 11 is 5.95. The van der Waals surface area contributed by atoms with Gasteiger partial charge >= 0.3 is 0 Å². The molecule has 0 aliphatic heterocycles. The molecule has 7 nitrogen and oxygen atoms in total. The molecule has 20 heavy (non-hydrogen) atoms. The number of anilines is 1. The molecule has 4 N–H and O–H groups in total. The van der Waals surface area contributed by atoms with Crippen LogP contribution in [0.2, 0.25) is 5.02 Å². The van der Waals surface area contributed by atoms with Gasteiger partial charge in [-0.1, -0.05) is 16.8 Å². The van der Waals surface area contributed by atoms with Crippen molar-refractivity contribution in [2.75, 3.05) is 23.7 Å². The quantitative estimate of drug-likeness (QED) is 0.230. The maximum atomic E-state index is 11.8.